The number of fused-ring (bicyclic) bond motifs is 1. The number of pyridine rings is 1. The van der Waals surface area contributed by atoms with E-state index >= 15 is 0 Å². The molecule has 2 aromatic heterocycles. The molecule has 0 fully saturated rings. The molecule has 0 aliphatic rings. The van der Waals surface area contributed by atoms with Crippen LogP contribution in [0.5, 0.6) is 0 Å². The Bertz CT molecular complexity index is 1590. The van der Waals surface area contributed by atoms with Crippen LogP contribution in [-0.4, -0.2) is 38.5 Å². The summed E-state index contributed by atoms with van der Waals surface area (Å²) in [6, 6.07) is 21.1. The molecule has 0 N–H and O–H groups in total. The first kappa shape index (κ1) is 24.9. The van der Waals surface area contributed by atoms with Gasteiger partial charge >= 0.3 is 0 Å². The molecule has 0 saturated carbocycles. The quantitative estimate of drug-likeness (QED) is 0.289. The van der Waals surface area contributed by atoms with Gasteiger partial charge in [-0.2, -0.15) is 0 Å². The predicted octanol–water partition coefficient (Wildman–Crippen LogP) is 5.20. The Labute approximate surface area is 206 Å². The molecule has 0 spiro atoms. The molecule has 0 amide bonds. The van der Waals surface area contributed by atoms with Crippen LogP contribution in [0, 0.1) is 0 Å². The molecule has 0 radical (unpaired) electrons. The Kier molecular flexibility index (Phi) is 6.96. The van der Waals surface area contributed by atoms with Gasteiger partial charge in [0.25, 0.3) is 0 Å². The normalized spacial score (nSPS) is 12.2. The van der Waals surface area contributed by atoms with Crippen molar-refractivity contribution in [2.75, 3.05) is 11.5 Å². The molecule has 2 aromatic carbocycles. The highest BCUT2D eigenvalue weighted by Gasteiger charge is 2.37. The number of carbonyl (C=O) groups is 1. The number of carbonyl (C=O) groups excluding carboxylic acids is 1. The Morgan fingerprint density at radius 1 is 0.714 bits per heavy atom. The fraction of sp³-hybridized carbons (Fsp3) is 0.222. The number of ketones is 1. The fourth-order valence-electron chi connectivity index (χ4n) is 4.28. The molecular weight excluding hydrogens is 482 g/mol. The van der Waals surface area contributed by atoms with Crippen LogP contribution in [0.2, 0.25) is 0 Å². The van der Waals surface area contributed by atoms with Crippen LogP contribution in [0.15, 0.2) is 88.8 Å². The van der Waals surface area contributed by atoms with Gasteiger partial charge in [-0.1, -0.05) is 74.5 Å². The van der Waals surface area contributed by atoms with Gasteiger partial charge in [0.05, 0.1) is 17.0 Å². The first-order valence-electron chi connectivity index (χ1n) is 11.5. The smallest absolute Gasteiger partial charge is 0.211 e. The van der Waals surface area contributed by atoms with Crippen LogP contribution in [0.3, 0.4) is 0 Å². The van der Waals surface area contributed by atoms with E-state index < -0.39 is 30.4 Å². The SMILES string of the molecule is CCCS(=O)(=O)c1c(S(=O)(=O)CCC)c2cc(-c3ccccc3)ccn2c1C(=O)c1ccccc1. The van der Waals surface area contributed by atoms with E-state index in [1.807, 2.05) is 30.3 Å². The molecule has 0 aliphatic heterocycles. The number of sulfone groups is 2. The molecule has 182 valence electrons. The Balaban J connectivity index is 2.17. The van der Waals surface area contributed by atoms with Crippen molar-refractivity contribution in [3.05, 3.63) is 90.3 Å². The van der Waals surface area contributed by atoms with Gasteiger partial charge < -0.3 is 4.40 Å². The highest BCUT2D eigenvalue weighted by molar-refractivity contribution is 7.94. The van der Waals surface area contributed by atoms with E-state index in [0.717, 1.165) is 11.1 Å². The zero-order valence-electron chi connectivity index (χ0n) is 19.6. The van der Waals surface area contributed by atoms with Gasteiger partial charge in [0.15, 0.2) is 19.7 Å². The summed E-state index contributed by atoms with van der Waals surface area (Å²) in [5, 5.41) is 0. The van der Waals surface area contributed by atoms with Crippen LogP contribution in [0.1, 0.15) is 42.7 Å². The average Bonchev–Trinajstić information content (AvgIpc) is 3.21. The van der Waals surface area contributed by atoms with Gasteiger partial charge in [0.1, 0.15) is 15.5 Å². The molecule has 35 heavy (non-hydrogen) atoms. The molecule has 4 aromatic rings. The fourth-order valence-corrected chi connectivity index (χ4v) is 8.26. The van der Waals surface area contributed by atoms with Crippen LogP contribution in [-0.2, 0) is 19.7 Å². The highest BCUT2D eigenvalue weighted by atomic mass is 32.2. The summed E-state index contributed by atoms with van der Waals surface area (Å²) in [5.41, 5.74) is 1.90. The largest absolute Gasteiger partial charge is 0.311 e. The second kappa shape index (κ2) is 9.79. The molecule has 6 nitrogen and oxygen atoms in total. The van der Waals surface area contributed by atoms with E-state index in [9.17, 15) is 21.6 Å². The summed E-state index contributed by atoms with van der Waals surface area (Å²) in [6.45, 7) is 3.43. The third kappa shape index (κ3) is 4.68. The molecule has 8 heteroatoms. The maximum Gasteiger partial charge on any atom is 0.211 e. The van der Waals surface area contributed by atoms with Gasteiger partial charge in [-0.3, -0.25) is 4.79 Å². The average molecular weight is 510 g/mol. The lowest BCUT2D eigenvalue weighted by Crippen LogP contribution is -2.17. The number of benzene rings is 2. The summed E-state index contributed by atoms with van der Waals surface area (Å²) < 4.78 is 55.6. The number of hydrogen-bond donors (Lipinski definition) is 0. The van der Waals surface area contributed by atoms with Gasteiger partial charge in [0.2, 0.25) is 5.78 Å². The second-order valence-corrected chi connectivity index (χ2v) is 12.5. The Hall–Kier alpha value is -3.23. The number of rotatable bonds is 9. The van der Waals surface area contributed by atoms with E-state index in [1.165, 1.54) is 4.40 Å². The van der Waals surface area contributed by atoms with Crippen molar-refractivity contribution in [3.8, 4) is 11.1 Å². The van der Waals surface area contributed by atoms with E-state index in [-0.39, 0.29) is 39.6 Å². The van der Waals surface area contributed by atoms with Gasteiger partial charge in [-0.25, -0.2) is 16.8 Å². The number of hydrogen-bond acceptors (Lipinski definition) is 5. The number of nitrogens with zero attached hydrogens (tertiary/aromatic N) is 1. The van der Waals surface area contributed by atoms with Crippen LogP contribution < -0.4 is 0 Å². The van der Waals surface area contributed by atoms with Crippen molar-refractivity contribution >= 4 is 31.0 Å². The van der Waals surface area contributed by atoms with E-state index in [1.54, 1.807) is 62.5 Å². The maximum absolute atomic E-state index is 13.7. The second-order valence-electron chi connectivity index (χ2n) is 8.38. The lowest BCUT2D eigenvalue weighted by Gasteiger charge is -2.09. The summed E-state index contributed by atoms with van der Waals surface area (Å²) in [5.74, 6) is -1.03. The van der Waals surface area contributed by atoms with Gasteiger partial charge in [-0.05, 0) is 36.1 Å². The predicted molar refractivity (Wildman–Crippen MR) is 137 cm³/mol. The molecule has 0 unspecified atom stereocenters. The third-order valence-electron chi connectivity index (χ3n) is 5.78. The van der Waals surface area contributed by atoms with E-state index in [4.69, 9.17) is 0 Å². The maximum atomic E-state index is 13.7. The minimum absolute atomic E-state index is 0.145. The molecule has 0 saturated heterocycles. The summed E-state index contributed by atoms with van der Waals surface area (Å²) >= 11 is 0. The Morgan fingerprint density at radius 2 is 1.26 bits per heavy atom. The molecule has 0 atom stereocenters. The summed E-state index contributed by atoms with van der Waals surface area (Å²) in [4.78, 5) is 13.0. The molecular formula is C27H27NO5S2. The standard InChI is InChI=1S/C27H27NO5S2/c1-3-17-34(30,31)26-23-19-22(20-11-7-5-8-12-20)15-16-28(23)24(27(26)35(32,33)18-4-2)25(29)21-13-9-6-10-14-21/h5-16,19H,3-4,17-18H2,1-2H3. The third-order valence-corrected chi connectivity index (χ3v) is 9.85. The van der Waals surface area contributed by atoms with Crippen molar-refractivity contribution in [1.29, 1.82) is 0 Å². The van der Waals surface area contributed by atoms with Crippen LogP contribution in [0.25, 0.3) is 16.6 Å². The minimum atomic E-state index is -4.09. The first-order chi connectivity index (χ1) is 16.7. The van der Waals surface area contributed by atoms with Crippen molar-refractivity contribution < 1.29 is 21.6 Å². The number of aromatic nitrogens is 1. The summed E-state index contributed by atoms with van der Waals surface area (Å²) in [7, 11) is -8.10. The van der Waals surface area contributed by atoms with Gasteiger partial charge in [-0.15, -0.1) is 0 Å². The molecule has 2 heterocycles. The minimum Gasteiger partial charge on any atom is -0.311 e. The molecule has 0 aliphatic carbocycles. The van der Waals surface area contributed by atoms with Crippen LogP contribution in [0.4, 0.5) is 0 Å². The monoisotopic (exact) mass is 509 g/mol. The highest BCUT2D eigenvalue weighted by Crippen LogP contribution is 2.37. The lowest BCUT2D eigenvalue weighted by atomic mass is 10.1. The van der Waals surface area contributed by atoms with Crippen molar-refractivity contribution in [3.63, 3.8) is 0 Å². The van der Waals surface area contributed by atoms with Crippen LogP contribution >= 0.6 is 0 Å². The van der Waals surface area contributed by atoms with Crippen molar-refractivity contribution in [2.45, 2.75) is 36.5 Å². The Morgan fingerprint density at radius 3 is 1.83 bits per heavy atom. The topological polar surface area (TPSA) is 89.8 Å². The van der Waals surface area contributed by atoms with E-state index in [2.05, 4.69) is 0 Å². The van der Waals surface area contributed by atoms with E-state index in [0.29, 0.717) is 6.42 Å². The lowest BCUT2D eigenvalue weighted by molar-refractivity contribution is 0.103. The van der Waals surface area contributed by atoms with Crippen molar-refractivity contribution in [1.82, 2.24) is 4.40 Å². The summed E-state index contributed by atoms with van der Waals surface area (Å²) in [6.07, 6.45) is 2.19. The molecule has 0 bridgehead atoms. The molecule has 4 rings (SSSR count). The zero-order valence-corrected chi connectivity index (χ0v) is 21.3. The zero-order chi connectivity index (χ0) is 25.2. The first-order valence-corrected chi connectivity index (χ1v) is 14.8. The van der Waals surface area contributed by atoms with Crippen molar-refractivity contribution in [2.24, 2.45) is 0 Å². The van der Waals surface area contributed by atoms with Gasteiger partial charge in [0, 0.05) is 11.8 Å².